The van der Waals surface area contributed by atoms with Crippen LogP contribution in [0.4, 0.5) is 0 Å². The lowest BCUT2D eigenvalue weighted by molar-refractivity contribution is -0.122. The normalized spacial score (nSPS) is 11.5. The van der Waals surface area contributed by atoms with E-state index in [2.05, 4.69) is 43.2 Å². The second-order valence-corrected chi connectivity index (χ2v) is 6.43. The first-order chi connectivity index (χ1) is 11.5. The highest BCUT2D eigenvalue weighted by Crippen LogP contribution is 2.11. The molecular formula is C20H29Cl2N3O. The number of hydrogen-bond acceptors (Lipinski definition) is 3. The summed E-state index contributed by atoms with van der Waals surface area (Å²) in [5.41, 5.74) is 9.16. The molecule has 0 aromatic heterocycles. The fourth-order valence-corrected chi connectivity index (χ4v) is 2.42. The van der Waals surface area contributed by atoms with Gasteiger partial charge in [-0.15, -0.1) is 24.8 Å². The Morgan fingerprint density at radius 1 is 1.04 bits per heavy atom. The third-order valence-electron chi connectivity index (χ3n) is 4.21. The fourth-order valence-electron chi connectivity index (χ4n) is 2.42. The molecule has 2 rings (SSSR count). The van der Waals surface area contributed by atoms with E-state index in [1.54, 1.807) is 0 Å². The largest absolute Gasteiger partial charge is 0.350 e. The second kappa shape index (κ2) is 11.9. The molecule has 1 unspecified atom stereocenters. The highest BCUT2D eigenvalue weighted by molar-refractivity contribution is 5.85. The molecule has 0 radical (unpaired) electrons. The molecular weight excluding hydrogens is 369 g/mol. The quantitative estimate of drug-likeness (QED) is 0.748. The zero-order valence-electron chi connectivity index (χ0n) is 15.5. The molecule has 26 heavy (non-hydrogen) atoms. The summed E-state index contributed by atoms with van der Waals surface area (Å²) in [4.78, 5) is 14.5. The number of hydrogen-bond donors (Lipinski definition) is 2. The number of benzene rings is 2. The number of nitrogens with one attached hydrogen (secondary N) is 1. The minimum atomic E-state index is -0.638. The molecule has 0 bridgehead atoms. The summed E-state index contributed by atoms with van der Waals surface area (Å²) in [7, 11) is 2.11. The lowest BCUT2D eigenvalue weighted by Crippen LogP contribution is -2.33. The van der Waals surface area contributed by atoms with Gasteiger partial charge in [0.25, 0.3) is 0 Å². The number of rotatable bonds is 7. The fraction of sp³-hybridized carbons (Fsp3) is 0.350. The van der Waals surface area contributed by atoms with Gasteiger partial charge in [-0.25, -0.2) is 0 Å². The zero-order chi connectivity index (χ0) is 17.5. The van der Waals surface area contributed by atoms with Gasteiger partial charge in [-0.3, -0.25) is 9.69 Å². The van der Waals surface area contributed by atoms with Crippen LogP contribution in [0.5, 0.6) is 0 Å². The summed E-state index contributed by atoms with van der Waals surface area (Å²) in [5.74, 6) is -0.161. The van der Waals surface area contributed by atoms with Crippen LogP contribution in [-0.4, -0.2) is 23.9 Å². The minimum absolute atomic E-state index is 0. The van der Waals surface area contributed by atoms with Crippen molar-refractivity contribution >= 4 is 30.7 Å². The SMILES string of the molecule is CC(C)N(C)Cc1cccc(CNC(=O)C(N)c2ccccc2)c1.Cl.Cl. The Bertz CT molecular complexity index is 665. The van der Waals surface area contributed by atoms with Gasteiger partial charge in [-0.05, 0) is 37.6 Å². The van der Waals surface area contributed by atoms with Gasteiger partial charge in [0.15, 0.2) is 0 Å². The minimum Gasteiger partial charge on any atom is -0.350 e. The Morgan fingerprint density at radius 2 is 1.65 bits per heavy atom. The van der Waals surface area contributed by atoms with E-state index in [-0.39, 0.29) is 30.7 Å². The molecule has 0 heterocycles. The van der Waals surface area contributed by atoms with Gasteiger partial charge in [0.2, 0.25) is 5.91 Å². The highest BCUT2D eigenvalue weighted by Gasteiger charge is 2.14. The summed E-state index contributed by atoms with van der Waals surface area (Å²) in [6.45, 7) is 5.73. The van der Waals surface area contributed by atoms with Crippen molar-refractivity contribution < 1.29 is 4.79 Å². The third kappa shape index (κ3) is 7.34. The summed E-state index contributed by atoms with van der Waals surface area (Å²) in [6, 6.07) is 17.6. The third-order valence-corrected chi connectivity index (χ3v) is 4.21. The van der Waals surface area contributed by atoms with Crippen molar-refractivity contribution in [3.8, 4) is 0 Å². The zero-order valence-corrected chi connectivity index (χ0v) is 17.1. The predicted molar refractivity (Wildman–Crippen MR) is 113 cm³/mol. The van der Waals surface area contributed by atoms with Crippen LogP contribution in [-0.2, 0) is 17.9 Å². The number of nitrogens with zero attached hydrogens (tertiary/aromatic N) is 1. The summed E-state index contributed by atoms with van der Waals surface area (Å²) in [5, 5.41) is 2.92. The predicted octanol–water partition coefficient (Wildman–Crippen LogP) is 3.69. The van der Waals surface area contributed by atoms with Crippen molar-refractivity contribution in [2.45, 2.75) is 39.0 Å². The molecule has 4 nitrogen and oxygen atoms in total. The molecule has 1 atom stereocenters. The van der Waals surface area contributed by atoms with Crippen molar-refractivity contribution in [3.05, 3.63) is 71.3 Å². The average Bonchev–Trinajstić information content (AvgIpc) is 2.60. The first-order valence-corrected chi connectivity index (χ1v) is 8.33. The van der Waals surface area contributed by atoms with E-state index in [9.17, 15) is 4.79 Å². The van der Waals surface area contributed by atoms with Crippen LogP contribution in [0.25, 0.3) is 0 Å². The van der Waals surface area contributed by atoms with Crippen LogP contribution >= 0.6 is 24.8 Å². The van der Waals surface area contributed by atoms with Gasteiger partial charge >= 0.3 is 0 Å². The first-order valence-electron chi connectivity index (χ1n) is 8.33. The van der Waals surface area contributed by atoms with Crippen molar-refractivity contribution in [1.29, 1.82) is 0 Å². The monoisotopic (exact) mass is 397 g/mol. The highest BCUT2D eigenvalue weighted by atomic mass is 35.5. The smallest absolute Gasteiger partial charge is 0.241 e. The number of carbonyl (C=O) groups is 1. The van der Waals surface area contributed by atoms with Crippen LogP contribution in [0.3, 0.4) is 0 Å². The lowest BCUT2D eigenvalue weighted by atomic mass is 10.1. The van der Waals surface area contributed by atoms with Crippen LogP contribution in [0, 0.1) is 0 Å². The molecule has 2 aromatic rings. The summed E-state index contributed by atoms with van der Waals surface area (Å²) < 4.78 is 0. The van der Waals surface area contributed by atoms with Crippen molar-refractivity contribution in [3.63, 3.8) is 0 Å². The first kappa shape index (κ1) is 24.4. The van der Waals surface area contributed by atoms with E-state index in [1.165, 1.54) is 5.56 Å². The second-order valence-electron chi connectivity index (χ2n) is 6.43. The molecule has 144 valence electrons. The van der Waals surface area contributed by atoms with E-state index < -0.39 is 6.04 Å². The number of carbonyl (C=O) groups excluding carboxylic acids is 1. The van der Waals surface area contributed by atoms with Gasteiger partial charge in [0.05, 0.1) is 0 Å². The van der Waals surface area contributed by atoms with Gasteiger partial charge in [-0.1, -0.05) is 54.6 Å². The summed E-state index contributed by atoms with van der Waals surface area (Å²) >= 11 is 0. The number of nitrogens with two attached hydrogens (primary N) is 1. The molecule has 0 aliphatic rings. The van der Waals surface area contributed by atoms with Gasteiger partial charge in [-0.2, -0.15) is 0 Å². The topological polar surface area (TPSA) is 58.4 Å². The number of halogens is 2. The molecule has 3 N–H and O–H groups in total. The number of amides is 1. The van der Waals surface area contributed by atoms with Crippen molar-refractivity contribution in [2.75, 3.05) is 7.05 Å². The maximum absolute atomic E-state index is 12.2. The van der Waals surface area contributed by atoms with E-state index in [4.69, 9.17) is 5.73 Å². The lowest BCUT2D eigenvalue weighted by Gasteiger charge is -2.21. The van der Waals surface area contributed by atoms with E-state index in [0.29, 0.717) is 12.6 Å². The van der Waals surface area contributed by atoms with Crippen LogP contribution in [0.1, 0.15) is 36.6 Å². The van der Waals surface area contributed by atoms with Crippen LogP contribution in [0.2, 0.25) is 0 Å². The van der Waals surface area contributed by atoms with Gasteiger partial charge in [0, 0.05) is 19.1 Å². The Hall–Kier alpha value is -1.59. The average molecular weight is 398 g/mol. The molecule has 0 fully saturated rings. The van der Waals surface area contributed by atoms with Crippen LogP contribution < -0.4 is 11.1 Å². The molecule has 1 amide bonds. The Balaban J connectivity index is 0.00000312. The van der Waals surface area contributed by atoms with Crippen LogP contribution in [0.15, 0.2) is 54.6 Å². The molecule has 0 saturated carbocycles. The van der Waals surface area contributed by atoms with E-state index in [1.807, 2.05) is 42.5 Å². The van der Waals surface area contributed by atoms with E-state index in [0.717, 1.165) is 17.7 Å². The molecule has 6 heteroatoms. The molecule has 0 aliphatic carbocycles. The Labute approximate surface area is 169 Å². The molecule has 0 aliphatic heterocycles. The van der Waals surface area contributed by atoms with Crippen molar-refractivity contribution in [1.82, 2.24) is 10.2 Å². The maximum Gasteiger partial charge on any atom is 0.241 e. The van der Waals surface area contributed by atoms with Gasteiger partial charge < -0.3 is 11.1 Å². The summed E-state index contributed by atoms with van der Waals surface area (Å²) in [6.07, 6.45) is 0. The van der Waals surface area contributed by atoms with Gasteiger partial charge in [0.1, 0.15) is 6.04 Å². The molecule has 2 aromatic carbocycles. The maximum atomic E-state index is 12.2. The Morgan fingerprint density at radius 3 is 2.27 bits per heavy atom. The van der Waals surface area contributed by atoms with E-state index >= 15 is 0 Å². The standard InChI is InChI=1S/C20H27N3O.2ClH/c1-15(2)23(3)14-17-9-7-8-16(12-17)13-22-20(24)19(21)18-10-5-4-6-11-18;;/h4-12,15,19H,13-14,21H2,1-3H3,(H,22,24);2*1H. The Kier molecular flexibility index (Phi) is 11.2. The molecule has 0 saturated heterocycles. The van der Waals surface area contributed by atoms with Crippen molar-refractivity contribution in [2.24, 2.45) is 5.73 Å². The molecule has 0 spiro atoms.